The first-order valence-electron chi connectivity index (χ1n) is 7.46. The summed E-state index contributed by atoms with van der Waals surface area (Å²) in [6.45, 7) is 2.38. The van der Waals surface area contributed by atoms with Crippen LogP contribution in [0.15, 0.2) is 40.9 Å². The predicted octanol–water partition coefficient (Wildman–Crippen LogP) is 2.58. The second kappa shape index (κ2) is 5.14. The van der Waals surface area contributed by atoms with Gasteiger partial charge in [0.05, 0.1) is 10.6 Å². The molecule has 114 valence electrons. The number of nitrogens with zero attached hydrogens (tertiary/aromatic N) is 1. The van der Waals surface area contributed by atoms with Crippen LogP contribution in [0.2, 0.25) is 0 Å². The molecule has 0 atom stereocenters. The lowest BCUT2D eigenvalue weighted by Gasteiger charge is -2.44. The Morgan fingerprint density at radius 1 is 1.14 bits per heavy atom. The van der Waals surface area contributed by atoms with Crippen LogP contribution < -0.4 is 0 Å². The summed E-state index contributed by atoms with van der Waals surface area (Å²) in [4.78, 5) is 0.295. The van der Waals surface area contributed by atoms with Crippen molar-refractivity contribution in [2.45, 2.75) is 49.5 Å². The summed E-state index contributed by atoms with van der Waals surface area (Å²) in [7, 11) is -3.58. The molecule has 1 aliphatic carbocycles. The summed E-state index contributed by atoms with van der Waals surface area (Å²) in [6, 6.07) is 6.89. The molecule has 0 radical (unpaired) electrons. The predicted molar refractivity (Wildman–Crippen MR) is 81.2 cm³/mol. The van der Waals surface area contributed by atoms with Crippen LogP contribution in [0, 0.1) is 6.92 Å². The van der Waals surface area contributed by atoms with Gasteiger partial charge in [0.15, 0.2) is 0 Å². The minimum absolute atomic E-state index is 0.295. The number of allylic oxidation sites excluding steroid dienone is 1. The second-order valence-electron chi connectivity index (χ2n) is 6.01. The molecule has 1 aromatic rings. The first-order valence-corrected chi connectivity index (χ1v) is 8.90. The van der Waals surface area contributed by atoms with Crippen LogP contribution in [-0.2, 0) is 10.0 Å². The Labute approximate surface area is 126 Å². The van der Waals surface area contributed by atoms with Gasteiger partial charge in [0.2, 0.25) is 0 Å². The molecule has 1 fully saturated rings. The van der Waals surface area contributed by atoms with Crippen LogP contribution in [-0.4, -0.2) is 30.0 Å². The molecule has 3 rings (SSSR count). The van der Waals surface area contributed by atoms with Crippen molar-refractivity contribution in [3.63, 3.8) is 0 Å². The van der Waals surface area contributed by atoms with Crippen LogP contribution in [0.4, 0.5) is 0 Å². The van der Waals surface area contributed by atoms with E-state index in [2.05, 4.69) is 0 Å². The largest absolute Gasteiger partial charge is 0.384 e. The van der Waals surface area contributed by atoms with E-state index >= 15 is 0 Å². The van der Waals surface area contributed by atoms with Gasteiger partial charge in [-0.2, -0.15) is 0 Å². The first kappa shape index (κ1) is 14.6. The molecule has 0 bridgehead atoms. The van der Waals surface area contributed by atoms with Crippen molar-refractivity contribution >= 4 is 10.0 Å². The first-order chi connectivity index (χ1) is 9.93. The molecule has 0 unspecified atom stereocenters. The molecule has 1 N–H and O–H groups in total. The Morgan fingerprint density at radius 3 is 2.38 bits per heavy atom. The van der Waals surface area contributed by atoms with Gasteiger partial charge >= 0.3 is 0 Å². The van der Waals surface area contributed by atoms with E-state index < -0.39 is 15.6 Å². The van der Waals surface area contributed by atoms with Gasteiger partial charge in [0, 0.05) is 6.54 Å². The van der Waals surface area contributed by atoms with Crippen molar-refractivity contribution in [2.24, 2.45) is 0 Å². The highest BCUT2D eigenvalue weighted by atomic mass is 32.2. The topological polar surface area (TPSA) is 57.6 Å². The SMILES string of the molecule is Cc1ccc(S(=O)(=O)N2CCCC=C2C2(O)CCC2)cc1. The zero-order valence-electron chi connectivity index (χ0n) is 12.2. The van der Waals surface area contributed by atoms with Crippen molar-refractivity contribution in [1.82, 2.24) is 4.31 Å². The van der Waals surface area contributed by atoms with E-state index in [0.29, 0.717) is 30.0 Å². The third kappa shape index (κ3) is 2.49. The maximum atomic E-state index is 12.9. The fourth-order valence-electron chi connectivity index (χ4n) is 2.97. The lowest BCUT2D eigenvalue weighted by molar-refractivity contribution is -0.0144. The maximum Gasteiger partial charge on any atom is 0.264 e. The third-order valence-electron chi connectivity index (χ3n) is 4.44. The van der Waals surface area contributed by atoms with Crippen molar-refractivity contribution in [1.29, 1.82) is 0 Å². The van der Waals surface area contributed by atoms with Gasteiger partial charge in [-0.05, 0) is 51.2 Å². The molecule has 1 saturated carbocycles. The highest BCUT2D eigenvalue weighted by molar-refractivity contribution is 7.89. The Kier molecular flexibility index (Phi) is 3.58. The highest BCUT2D eigenvalue weighted by Crippen LogP contribution is 2.42. The quantitative estimate of drug-likeness (QED) is 0.934. The minimum atomic E-state index is -3.58. The number of hydrogen-bond acceptors (Lipinski definition) is 3. The number of benzene rings is 1. The summed E-state index contributed by atoms with van der Waals surface area (Å²) >= 11 is 0. The number of sulfonamides is 1. The third-order valence-corrected chi connectivity index (χ3v) is 6.27. The van der Waals surface area contributed by atoms with Gasteiger partial charge in [0.1, 0.15) is 5.60 Å². The zero-order chi connectivity index (χ0) is 15.1. The second-order valence-corrected chi connectivity index (χ2v) is 7.87. The summed E-state index contributed by atoms with van der Waals surface area (Å²) in [5.41, 5.74) is 0.666. The van der Waals surface area contributed by atoms with E-state index in [1.807, 2.05) is 13.0 Å². The molecule has 0 spiro atoms. The van der Waals surface area contributed by atoms with E-state index in [1.54, 1.807) is 24.3 Å². The molecule has 1 aromatic carbocycles. The van der Waals surface area contributed by atoms with Crippen molar-refractivity contribution in [3.8, 4) is 0 Å². The Hall–Kier alpha value is -1.33. The zero-order valence-corrected chi connectivity index (χ0v) is 13.1. The molecule has 2 aliphatic rings. The van der Waals surface area contributed by atoms with Crippen molar-refractivity contribution in [3.05, 3.63) is 41.6 Å². The van der Waals surface area contributed by atoms with E-state index in [4.69, 9.17) is 0 Å². The number of aryl methyl sites for hydroxylation is 1. The molecular weight excluding hydrogens is 286 g/mol. The summed E-state index contributed by atoms with van der Waals surface area (Å²) in [5.74, 6) is 0. The summed E-state index contributed by atoms with van der Waals surface area (Å²) < 4.78 is 27.2. The Morgan fingerprint density at radius 2 is 1.81 bits per heavy atom. The number of aliphatic hydroxyl groups is 1. The van der Waals surface area contributed by atoms with Crippen LogP contribution >= 0.6 is 0 Å². The van der Waals surface area contributed by atoms with Crippen molar-refractivity contribution < 1.29 is 13.5 Å². The minimum Gasteiger partial charge on any atom is -0.384 e. The van der Waals surface area contributed by atoms with Crippen LogP contribution in [0.1, 0.15) is 37.7 Å². The molecule has 4 nitrogen and oxygen atoms in total. The van der Waals surface area contributed by atoms with Crippen molar-refractivity contribution in [2.75, 3.05) is 6.54 Å². The van der Waals surface area contributed by atoms with Gasteiger partial charge in [-0.1, -0.05) is 23.8 Å². The van der Waals surface area contributed by atoms with Gasteiger partial charge in [-0.3, -0.25) is 4.31 Å². The fraction of sp³-hybridized carbons (Fsp3) is 0.500. The monoisotopic (exact) mass is 307 g/mol. The van der Waals surface area contributed by atoms with E-state index in [-0.39, 0.29) is 0 Å². The molecule has 1 heterocycles. The number of rotatable bonds is 3. The molecule has 5 heteroatoms. The average Bonchev–Trinajstić information content (AvgIpc) is 2.45. The normalized spacial score (nSPS) is 21.6. The molecule has 1 aliphatic heterocycles. The van der Waals surface area contributed by atoms with Gasteiger partial charge in [-0.25, -0.2) is 8.42 Å². The Balaban J connectivity index is 1.98. The molecule has 0 saturated heterocycles. The Bertz CT molecular complexity index is 657. The molecule has 0 aromatic heterocycles. The van der Waals surface area contributed by atoms with Crippen LogP contribution in [0.3, 0.4) is 0 Å². The standard InChI is InChI=1S/C16H21NO3S/c1-13-6-8-14(9-7-13)21(19,20)17-12-3-2-5-15(17)16(18)10-4-11-16/h5-9,18H,2-4,10-12H2,1H3. The summed E-state index contributed by atoms with van der Waals surface area (Å²) in [6.07, 6.45) is 5.78. The summed E-state index contributed by atoms with van der Waals surface area (Å²) in [5, 5.41) is 10.6. The van der Waals surface area contributed by atoms with E-state index in [0.717, 1.165) is 24.8 Å². The lowest BCUT2D eigenvalue weighted by Crippen LogP contribution is -2.48. The lowest BCUT2D eigenvalue weighted by atomic mass is 9.77. The van der Waals surface area contributed by atoms with E-state index in [1.165, 1.54) is 4.31 Å². The maximum absolute atomic E-state index is 12.9. The van der Waals surface area contributed by atoms with Crippen LogP contribution in [0.5, 0.6) is 0 Å². The smallest absolute Gasteiger partial charge is 0.264 e. The molecule has 21 heavy (non-hydrogen) atoms. The van der Waals surface area contributed by atoms with E-state index in [9.17, 15) is 13.5 Å². The van der Waals surface area contributed by atoms with Crippen LogP contribution in [0.25, 0.3) is 0 Å². The number of hydrogen-bond donors (Lipinski definition) is 1. The van der Waals surface area contributed by atoms with Gasteiger partial charge in [0.25, 0.3) is 10.0 Å². The fourth-order valence-corrected chi connectivity index (χ4v) is 4.58. The van der Waals surface area contributed by atoms with Gasteiger partial charge < -0.3 is 5.11 Å². The average molecular weight is 307 g/mol. The van der Waals surface area contributed by atoms with Gasteiger partial charge in [-0.15, -0.1) is 0 Å². The molecular formula is C16H21NO3S. The highest BCUT2D eigenvalue weighted by Gasteiger charge is 2.44. The molecule has 0 amide bonds.